The van der Waals surface area contributed by atoms with E-state index < -0.39 is 10.0 Å². The van der Waals surface area contributed by atoms with Crippen LogP contribution in [0.25, 0.3) is 0 Å². The lowest BCUT2D eigenvalue weighted by Gasteiger charge is -2.35. The molecule has 1 aliphatic heterocycles. The molecule has 1 aliphatic carbocycles. The van der Waals surface area contributed by atoms with Crippen molar-refractivity contribution in [2.24, 2.45) is 5.92 Å². The van der Waals surface area contributed by atoms with Gasteiger partial charge < -0.3 is 4.74 Å². The van der Waals surface area contributed by atoms with Gasteiger partial charge in [0.15, 0.2) is 5.78 Å². The van der Waals surface area contributed by atoms with E-state index in [9.17, 15) is 13.2 Å². The van der Waals surface area contributed by atoms with Crippen molar-refractivity contribution in [3.8, 4) is 0 Å². The summed E-state index contributed by atoms with van der Waals surface area (Å²) in [5, 5.41) is 0. The normalized spacial score (nSPS) is 24.9. The third kappa shape index (κ3) is 5.20. The van der Waals surface area contributed by atoms with E-state index in [1.807, 2.05) is 0 Å². The summed E-state index contributed by atoms with van der Waals surface area (Å²) in [6.07, 6.45) is 5.38. The zero-order valence-electron chi connectivity index (χ0n) is 17.0. The highest BCUT2D eigenvalue weighted by molar-refractivity contribution is 7.89. The predicted octanol–water partition coefficient (Wildman–Crippen LogP) is 2.79. The van der Waals surface area contributed by atoms with E-state index in [4.69, 9.17) is 4.74 Å². The van der Waals surface area contributed by atoms with E-state index in [-0.39, 0.29) is 10.7 Å². The van der Waals surface area contributed by atoms with Crippen molar-refractivity contribution in [1.29, 1.82) is 0 Å². The Morgan fingerprint density at radius 1 is 1.07 bits per heavy atom. The highest BCUT2D eigenvalue weighted by atomic mass is 32.2. The first-order valence-electron chi connectivity index (χ1n) is 10.3. The van der Waals surface area contributed by atoms with Crippen LogP contribution in [0.15, 0.2) is 29.2 Å². The Morgan fingerprint density at radius 3 is 2.32 bits per heavy atom. The fourth-order valence-corrected chi connectivity index (χ4v) is 5.49. The molecule has 0 N–H and O–H groups in total. The van der Waals surface area contributed by atoms with E-state index in [1.54, 1.807) is 12.1 Å². The third-order valence-electron chi connectivity index (χ3n) is 6.00. The molecule has 3 rings (SSSR count). The van der Waals surface area contributed by atoms with Crippen LogP contribution in [0.1, 0.15) is 49.9 Å². The average Bonchev–Trinajstić information content (AvgIpc) is 2.70. The molecule has 1 heterocycles. The summed E-state index contributed by atoms with van der Waals surface area (Å²) < 4.78 is 33.3. The Morgan fingerprint density at radius 2 is 1.71 bits per heavy atom. The maximum absolute atomic E-state index is 12.8. The second kappa shape index (κ2) is 9.48. The number of ether oxygens (including phenoxy) is 1. The van der Waals surface area contributed by atoms with Crippen molar-refractivity contribution in [3.05, 3.63) is 29.8 Å². The zero-order chi connectivity index (χ0) is 20.1. The summed E-state index contributed by atoms with van der Waals surface area (Å²) >= 11 is 0. The Hall–Kier alpha value is -1.28. The number of benzene rings is 1. The van der Waals surface area contributed by atoms with E-state index in [2.05, 4.69) is 11.8 Å². The summed E-state index contributed by atoms with van der Waals surface area (Å²) in [5.74, 6) is 0.576. The van der Waals surface area contributed by atoms with Gasteiger partial charge in [-0.05, 0) is 37.8 Å². The number of carbonyl (C=O) groups is 1. The molecule has 7 heteroatoms. The van der Waals surface area contributed by atoms with Gasteiger partial charge >= 0.3 is 0 Å². The molecule has 1 saturated carbocycles. The monoisotopic (exact) mass is 408 g/mol. The van der Waals surface area contributed by atoms with Crippen LogP contribution in [-0.4, -0.2) is 68.8 Å². The molecule has 0 aromatic heterocycles. The number of carbonyl (C=O) groups excluding carboxylic acids is 1. The number of nitrogens with zero attached hydrogens (tertiary/aromatic N) is 2. The maximum atomic E-state index is 12.8. The second-order valence-corrected chi connectivity index (χ2v) is 9.94. The predicted molar refractivity (Wildman–Crippen MR) is 109 cm³/mol. The standard InChI is InChI=1S/C21H32N2O4S/c1-17-5-3-4-6-21(17)27-16-15-22-11-13-23(14-12-22)28(25,26)20-9-7-19(8-10-20)18(2)24/h7-10,17,21H,3-6,11-16H2,1-2H3/t17-,21-/m1/s1. The molecule has 1 aromatic rings. The minimum atomic E-state index is -3.51. The molecule has 2 aliphatic rings. The molecule has 28 heavy (non-hydrogen) atoms. The molecule has 2 atom stereocenters. The summed E-state index contributed by atoms with van der Waals surface area (Å²) in [6.45, 7) is 7.71. The number of sulfonamides is 1. The van der Waals surface area contributed by atoms with Gasteiger partial charge in [0.2, 0.25) is 10.0 Å². The van der Waals surface area contributed by atoms with Crippen molar-refractivity contribution >= 4 is 15.8 Å². The zero-order valence-corrected chi connectivity index (χ0v) is 17.8. The van der Waals surface area contributed by atoms with Gasteiger partial charge in [0.25, 0.3) is 0 Å². The maximum Gasteiger partial charge on any atom is 0.243 e. The first kappa shape index (κ1) is 21.4. The Balaban J connectivity index is 1.46. The van der Waals surface area contributed by atoms with Crippen LogP contribution in [0.3, 0.4) is 0 Å². The van der Waals surface area contributed by atoms with Gasteiger partial charge in [0.05, 0.1) is 17.6 Å². The van der Waals surface area contributed by atoms with Gasteiger partial charge in [-0.1, -0.05) is 31.9 Å². The molecule has 0 amide bonds. The summed E-state index contributed by atoms with van der Waals surface area (Å²) in [7, 11) is -3.51. The summed E-state index contributed by atoms with van der Waals surface area (Å²) in [4.78, 5) is 13.9. The van der Waals surface area contributed by atoms with Crippen molar-refractivity contribution in [2.75, 3.05) is 39.3 Å². The average molecular weight is 409 g/mol. The van der Waals surface area contributed by atoms with Gasteiger partial charge in [-0.2, -0.15) is 4.31 Å². The minimum absolute atomic E-state index is 0.0672. The number of hydrogen-bond donors (Lipinski definition) is 0. The molecule has 1 saturated heterocycles. The van der Waals surface area contributed by atoms with Crippen LogP contribution in [0.4, 0.5) is 0 Å². The van der Waals surface area contributed by atoms with E-state index in [1.165, 1.54) is 42.6 Å². The highest BCUT2D eigenvalue weighted by Crippen LogP contribution is 2.26. The van der Waals surface area contributed by atoms with Crippen molar-refractivity contribution in [2.45, 2.75) is 50.5 Å². The SMILES string of the molecule is CC(=O)c1ccc(S(=O)(=O)N2CCN(CCO[C@@H]3CCCC[C@H]3C)CC2)cc1. The van der Waals surface area contributed by atoms with Crippen LogP contribution in [-0.2, 0) is 14.8 Å². The van der Waals surface area contributed by atoms with Crippen molar-refractivity contribution in [1.82, 2.24) is 9.21 Å². The van der Waals surface area contributed by atoms with E-state index in [0.29, 0.717) is 50.4 Å². The van der Waals surface area contributed by atoms with Gasteiger partial charge in [-0.15, -0.1) is 0 Å². The van der Waals surface area contributed by atoms with Crippen LogP contribution in [0.5, 0.6) is 0 Å². The molecule has 1 aromatic carbocycles. The molecule has 6 nitrogen and oxygen atoms in total. The van der Waals surface area contributed by atoms with Crippen LogP contribution in [0.2, 0.25) is 0 Å². The quantitative estimate of drug-likeness (QED) is 0.649. The summed E-state index contributed by atoms with van der Waals surface area (Å²) in [6, 6.07) is 6.21. The van der Waals surface area contributed by atoms with Gasteiger partial charge in [0.1, 0.15) is 0 Å². The lowest BCUT2D eigenvalue weighted by atomic mass is 9.88. The number of Topliss-reactive ketones (excluding diaryl/α,β-unsaturated/α-hetero) is 1. The molecular formula is C21H32N2O4S. The molecular weight excluding hydrogens is 376 g/mol. The molecule has 0 bridgehead atoms. The van der Waals surface area contributed by atoms with Crippen molar-refractivity contribution < 1.29 is 17.9 Å². The van der Waals surface area contributed by atoms with E-state index in [0.717, 1.165) is 13.0 Å². The fourth-order valence-electron chi connectivity index (χ4n) is 4.07. The Bertz CT molecular complexity index is 755. The molecule has 0 radical (unpaired) electrons. The van der Waals surface area contributed by atoms with Crippen molar-refractivity contribution in [3.63, 3.8) is 0 Å². The highest BCUT2D eigenvalue weighted by Gasteiger charge is 2.29. The number of piperazine rings is 1. The number of hydrogen-bond acceptors (Lipinski definition) is 5. The van der Waals surface area contributed by atoms with E-state index >= 15 is 0 Å². The first-order chi connectivity index (χ1) is 13.4. The topological polar surface area (TPSA) is 66.9 Å². The molecule has 2 fully saturated rings. The second-order valence-electron chi connectivity index (χ2n) is 8.00. The van der Waals surface area contributed by atoms with Crippen LogP contribution >= 0.6 is 0 Å². The fraction of sp³-hybridized carbons (Fsp3) is 0.667. The number of rotatable bonds is 7. The first-order valence-corrected chi connectivity index (χ1v) is 11.8. The van der Waals surface area contributed by atoms with Gasteiger partial charge in [0, 0.05) is 38.3 Å². The lowest BCUT2D eigenvalue weighted by Crippen LogP contribution is -2.49. The van der Waals surface area contributed by atoms with Gasteiger partial charge in [-0.25, -0.2) is 8.42 Å². The molecule has 0 spiro atoms. The van der Waals surface area contributed by atoms with Crippen LogP contribution < -0.4 is 0 Å². The largest absolute Gasteiger partial charge is 0.377 e. The minimum Gasteiger partial charge on any atom is -0.377 e. The molecule has 0 unspecified atom stereocenters. The Labute approximate surface area is 168 Å². The van der Waals surface area contributed by atoms with Crippen LogP contribution in [0, 0.1) is 5.92 Å². The Kier molecular flexibility index (Phi) is 7.25. The van der Waals surface area contributed by atoms with Gasteiger partial charge in [-0.3, -0.25) is 9.69 Å². The smallest absolute Gasteiger partial charge is 0.243 e. The summed E-state index contributed by atoms with van der Waals surface area (Å²) in [5.41, 5.74) is 0.524. The third-order valence-corrected chi connectivity index (χ3v) is 7.91. The molecule has 156 valence electrons. The lowest BCUT2D eigenvalue weighted by molar-refractivity contribution is -0.0160. The number of ketones is 1.